The maximum absolute atomic E-state index is 13.3. The van der Waals surface area contributed by atoms with E-state index in [9.17, 15) is 9.59 Å². The number of aromatic nitrogens is 1. The Labute approximate surface area is 169 Å². The molecule has 29 heavy (non-hydrogen) atoms. The fourth-order valence-corrected chi connectivity index (χ4v) is 4.14. The summed E-state index contributed by atoms with van der Waals surface area (Å²) in [7, 11) is 0. The lowest BCUT2D eigenvalue weighted by Crippen LogP contribution is -2.47. The van der Waals surface area contributed by atoms with E-state index in [0.717, 1.165) is 16.9 Å². The summed E-state index contributed by atoms with van der Waals surface area (Å²) < 4.78 is 5.10. The van der Waals surface area contributed by atoms with Crippen molar-refractivity contribution in [1.29, 1.82) is 0 Å². The molecule has 3 aromatic rings. The lowest BCUT2D eigenvalue weighted by atomic mass is 9.89. The fraction of sp³-hybridized carbons (Fsp3) is 0.261. The van der Waals surface area contributed by atoms with E-state index in [0.29, 0.717) is 17.7 Å². The molecule has 2 amide bonds. The van der Waals surface area contributed by atoms with E-state index in [1.54, 1.807) is 18.7 Å². The van der Waals surface area contributed by atoms with Gasteiger partial charge in [0.15, 0.2) is 0 Å². The number of fused-ring (bicyclic) bond motifs is 1. The van der Waals surface area contributed by atoms with Gasteiger partial charge in [0.1, 0.15) is 11.3 Å². The van der Waals surface area contributed by atoms with E-state index in [4.69, 9.17) is 4.52 Å². The number of rotatable bonds is 3. The van der Waals surface area contributed by atoms with Crippen molar-refractivity contribution >= 4 is 23.2 Å². The molecule has 1 aromatic heterocycles. The number of anilines is 2. The minimum absolute atomic E-state index is 0.0298. The summed E-state index contributed by atoms with van der Waals surface area (Å²) in [6, 6.07) is 17.2. The monoisotopic (exact) mass is 389 g/mol. The Bertz CT molecular complexity index is 1040. The Morgan fingerprint density at radius 2 is 1.79 bits per heavy atom. The largest absolute Gasteiger partial charge is 0.361 e. The Morgan fingerprint density at radius 1 is 1.10 bits per heavy atom. The molecule has 1 aliphatic rings. The van der Waals surface area contributed by atoms with Crippen LogP contribution < -0.4 is 9.80 Å². The quantitative estimate of drug-likeness (QED) is 0.661. The summed E-state index contributed by atoms with van der Waals surface area (Å²) in [4.78, 5) is 29.5. The van der Waals surface area contributed by atoms with Crippen molar-refractivity contribution in [2.75, 3.05) is 9.80 Å². The standard InChI is InChI=1S/C23H23N3O3/c1-15-13-22(26(17(3)27)18-9-5-4-6-10-18)19-11-7-8-12-21(19)25(15)23(28)20-14-24-29-16(20)2/h4-12,14-15,22H,13H2,1-3H3. The summed E-state index contributed by atoms with van der Waals surface area (Å²) in [5.41, 5.74) is 3.06. The Balaban J connectivity index is 1.80. The van der Waals surface area contributed by atoms with Gasteiger partial charge in [-0.25, -0.2) is 0 Å². The summed E-state index contributed by atoms with van der Waals surface area (Å²) in [6.07, 6.45) is 2.09. The molecule has 0 saturated carbocycles. The van der Waals surface area contributed by atoms with E-state index in [-0.39, 0.29) is 23.9 Å². The molecule has 6 heteroatoms. The molecule has 1 aliphatic heterocycles. The highest BCUT2D eigenvalue weighted by molar-refractivity contribution is 6.08. The van der Waals surface area contributed by atoms with Crippen LogP contribution in [0, 0.1) is 6.92 Å². The van der Waals surface area contributed by atoms with Gasteiger partial charge in [-0.15, -0.1) is 0 Å². The first-order valence-electron chi connectivity index (χ1n) is 9.67. The second kappa shape index (κ2) is 7.54. The van der Waals surface area contributed by atoms with Crippen LogP contribution in [0.25, 0.3) is 0 Å². The van der Waals surface area contributed by atoms with Gasteiger partial charge in [0.25, 0.3) is 5.91 Å². The van der Waals surface area contributed by atoms with Gasteiger partial charge >= 0.3 is 0 Å². The third-order valence-corrected chi connectivity index (χ3v) is 5.45. The van der Waals surface area contributed by atoms with Crippen LogP contribution in [0.5, 0.6) is 0 Å². The molecule has 4 rings (SSSR count). The SMILES string of the molecule is CC(=O)N(c1ccccc1)C1CC(C)N(C(=O)c2cnoc2C)c2ccccc21. The van der Waals surface area contributed by atoms with Gasteiger partial charge in [-0.2, -0.15) is 0 Å². The van der Waals surface area contributed by atoms with Crippen LogP contribution in [-0.4, -0.2) is 23.0 Å². The molecule has 0 saturated heterocycles. The van der Waals surface area contributed by atoms with Gasteiger partial charge in [0, 0.05) is 24.3 Å². The first-order valence-corrected chi connectivity index (χ1v) is 9.67. The van der Waals surface area contributed by atoms with Gasteiger partial charge < -0.3 is 14.3 Å². The van der Waals surface area contributed by atoms with Crippen LogP contribution in [-0.2, 0) is 4.79 Å². The van der Waals surface area contributed by atoms with Crippen molar-refractivity contribution in [2.45, 2.75) is 39.3 Å². The van der Waals surface area contributed by atoms with Crippen molar-refractivity contribution in [3.8, 4) is 0 Å². The number of para-hydroxylation sites is 2. The fourth-order valence-electron chi connectivity index (χ4n) is 4.14. The van der Waals surface area contributed by atoms with Crippen molar-refractivity contribution in [3.63, 3.8) is 0 Å². The molecule has 0 radical (unpaired) electrons. The molecule has 0 spiro atoms. The molecule has 0 fully saturated rings. The van der Waals surface area contributed by atoms with Crippen molar-refractivity contribution < 1.29 is 14.1 Å². The molecular formula is C23H23N3O3. The third-order valence-electron chi connectivity index (χ3n) is 5.45. The topological polar surface area (TPSA) is 66.7 Å². The van der Waals surface area contributed by atoms with Gasteiger partial charge in [-0.05, 0) is 44.0 Å². The van der Waals surface area contributed by atoms with E-state index >= 15 is 0 Å². The molecule has 2 aromatic carbocycles. The van der Waals surface area contributed by atoms with Crippen LogP contribution in [0.15, 0.2) is 65.3 Å². The van der Waals surface area contributed by atoms with Gasteiger partial charge in [-0.1, -0.05) is 41.6 Å². The average molecular weight is 389 g/mol. The lowest BCUT2D eigenvalue weighted by molar-refractivity contribution is -0.117. The average Bonchev–Trinajstić information content (AvgIpc) is 3.14. The Kier molecular flexibility index (Phi) is 4.92. The van der Waals surface area contributed by atoms with Crippen LogP contribution in [0.4, 0.5) is 11.4 Å². The molecule has 0 bridgehead atoms. The molecule has 0 N–H and O–H groups in total. The van der Waals surface area contributed by atoms with Crippen LogP contribution >= 0.6 is 0 Å². The van der Waals surface area contributed by atoms with Crippen LogP contribution in [0.1, 0.15) is 48.0 Å². The number of benzene rings is 2. The van der Waals surface area contributed by atoms with Gasteiger partial charge in [0.05, 0.1) is 12.2 Å². The summed E-state index contributed by atoms with van der Waals surface area (Å²) in [5, 5.41) is 3.75. The maximum atomic E-state index is 13.3. The maximum Gasteiger partial charge on any atom is 0.263 e. The van der Waals surface area contributed by atoms with Crippen molar-refractivity contribution in [1.82, 2.24) is 5.16 Å². The zero-order chi connectivity index (χ0) is 20.5. The predicted molar refractivity (Wildman–Crippen MR) is 111 cm³/mol. The van der Waals surface area contributed by atoms with Gasteiger partial charge in [0.2, 0.25) is 5.91 Å². The van der Waals surface area contributed by atoms with E-state index in [2.05, 4.69) is 5.16 Å². The lowest BCUT2D eigenvalue weighted by Gasteiger charge is -2.43. The number of hydrogen-bond donors (Lipinski definition) is 0. The minimum atomic E-state index is -0.159. The summed E-state index contributed by atoms with van der Waals surface area (Å²) in [5.74, 6) is 0.325. The Hall–Kier alpha value is -3.41. The molecular weight excluding hydrogens is 366 g/mol. The second-order valence-corrected chi connectivity index (χ2v) is 7.35. The summed E-state index contributed by atoms with van der Waals surface area (Å²) >= 11 is 0. The predicted octanol–water partition coefficient (Wildman–Crippen LogP) is 4.52. The number of nitrogens with zero attached hydrogens (tertiary/aromatic N) is 3. The first kappa shape index (κ1) is 18.9. The van der Waals surface area contributed by atoms with Crippen molar-refractivity contribution in [3.05, 3.63) is 77.7 Å². The second-order valence-electron chi connectivity index (χ2n) is 7.35. The van der Waals surface area contributed by atoms with E-state index in [1.807, 2.05) is 66.4 Å². The normalized spacial score (nSPS) is 18.2. The highest BCUT2D eigenvalue weighted by atomic mass is 16.5. The smallest absolute Gasteiger partial charge is 0.263 e. The van der Waals surface area contributed by atoms with E-state index in [1.165, 1.54) is 6.20 Å². The number of aryl methyl sites for hydroxylation is 1. The van der Waals surface area contributed by atoms with E-state index < -0.39 is 0 Å². The molecule has 148 valence electrons. The van der Waals surface area contributed by atoms with Gasteiger partial charge in [-0.3, -0.25) is 9.59 Å². The Morgan fingerprint density at radius 3 is 2.45 bits per heavy atom. The molecule has 2 unspecified atom stereocenters. The van der Waals surface area contributed by atoms with Crippen LogP contribution in [0.3, 0.4) is 0 Å². The molecule has 2 heterocycles. The van der Waals surface area contributed by atoms with Crippen LogP contribution in [0.2, 0.25) is 0 Å². The number of carbonyl (C=O) groups is 2. The zero-order valence-corrected chi connectivity index (χ0v) is 16.7. The molecule has 2 atom stereocenters. The zero-order valence-electron chi connectivity index (χ0n) is 16.7. The highest BCUT2D eigenvalue weighted by Crippen LogP contribution is 2.42. The number of amides is 2. The third kappa shape index (κ3) is 3.31. The molecule has 6 nitrogen and oxygen atoms in total. The molecule has 0 aliphatic carbocycles. The summed E-state index contributed by atoms with van der Waals surface area (Å²) in [6.45, 7) is 5.32. The number of carbonyl (C=O) groups excluding carboxylic acids is 2. The van der Waals surface area contributed by atoms with Crippen molar-refractivity contribution in [2.24, 2.45) is 0 Å². The highest BCUT2D eigenvalue weighted by Gasteiger charge is 2.38. The first-order chi connectivity index (χ1) is 14.0. The number of hydrogen-bond acceptors (Lipinski definition) is 4. The minimum Gasteiger partial charge on any atom is -0.361 e.